The van der Waals surface area contributed by atoms with E-state index in [2.05, 4.69) is 31.8 Å². The Labute approximate surface area is 59.7 Å². The molecule has 0 bridgehead atoms. The van der Waals surface area contributed by atoms with Crippen LogP contribution in [0.2, 0.25) is 0 Å². The van der Waals surface area contributed by atoms with Crippen LogP contribution in [0.4, 0.5) is 14.1 Å². The highest BCUT2D eigenvalue weighted by atomic mass is 32.1. The van der Waals surface area contributed by atoms with Gasteiger partial charge in [0.2, 0.25) is 0 Å². The fourth-order valence-electron chi connectivity index (χ4n) is 0. The zero-order valence-electron chi connectivity index (χ0n) is 5.66. The van der Waals surface area contributed by atoms with Crippen LogP contribution in [0.3, 0.4) is 0 Å². The molecule has 5 heteroatoms. The minimum Gasteiger partial charge on any atom is -0.281 e. The maximum atomic E-state index is 4.19. The molecule has 0 aliphatic carbocycles. The lowest BCUT2D eigenvalue weighted by Crippen LogP contribution is -1.49. The predicted octanol–water partition coefficient (Wildman–Crippen LogP) is 2.05. The van der Waals surface area contributed by atoms with Gasteiger partial charge in [-0.3, -0.25) is 19.3 Å². The maximum absolute atomic E-state index is 4.19. The third kappa shape index (κ3) is 249. The SMILES string of the molecule is CCCC.F.F.F.NS. The third-order valence-corrected chi connectivity index (χ3v) is 0.500. The van der Waals surface area contributed by atoms with E-state index in [0.717, 1.165) is 0 Å². The van der Waals surface area contributed by atoms with Gasteiger partial charge in [-0.15, -0.1) is 12.8 Å². The summed E-state index contributed by atoms with van der Waals surface area (Å²) in [5, 5.41) is 4.19. The van der Waals surface area contributed by atoms with Crippen molar-refractivity contribution in [3.63, 3.8) is 0 Å². The van der Waals surface area contributed by atoms with Crippen molar-refractivity contribution in [2.45, 2.75) is 26.7 Å². The van der Waals surface area contributed by atoms with Gasteiger partial charge < -0.3 is 0 Å². The summed E-state index contributed by atoms with van der Waals surface area (Å²) in [5.74, 6) is 0. The number of hydrogen-bond donors (Lipinski definition) is 2. The van der Waals surface area contributed by atoms with Crippen molar-refractivity contribution in [2.75, 3.05) is 0 Å². The van der Waals surface area contributed by atoms with Crippen LogP contribution in [0.15, 0.2) is 0 Å². The van der Waals surface area contributed by atoms with Gasteiger partial charge in [-0.25, -0.2) is 0 Å². The van der Waals surface area contributed by atoms with E-state index in [4.69, 9.17) is 0 Å². The molecule has 2 N–H and O–H groups in total. The molecule has 0 saturated heterocycles. The molecule has 0 rings (SSSR count). The smallest absolute Gasteiger partial charge is 0.0564 e. The van der Waals surface area contributed by atoms with E-state index < -0.39 is 0 Å². The van der Waals surface area contributed by atoms with Crippen LogP contribution in [-0.4, -0.2) is 0 Å². The summed E-state index contributed by atoms with van der Waals surface area (Å²) in [6.07, 6.45) is 2.64. The summed E-state index contributed by atoms with van der Waals surface area (Å²) >= 11 is 3.03. The molecule has 0 heterocycles. The molecule has 0 amide bonds. The number of thiol groups is 1. The molecule has 0 aromatic rings. The lowest BCUT2D eigenvalue weighted by Gasteiger charge is -1.68. The molecule has 0 atom stereocenters. The molecule has 0 aromatic carbocycles. The summed E-state index contributed by atoms with van der Waals surface area (Å²) in [5.41, 5.74) is 0. The van der Waals surface area contributed by atoms with Crippen LogP contribution < -0.4 is 5.14 Å². The highest BCUT2D eigenvalue weighted by Crippen LogP contribution is 1.76. The topological polar surface area (TPSA) is 26.0 Å². The van der Waals surface area contributed by atoms with Gasteiger partial charge in [-0.2, -0.15) is 0 Å². The van der Waals surface area contributed by atoms with Crippen LogP contribution in [0, 0.1) is 0 Å². The minimum atomic E-state index is 0. The summed E-state index contributed by atoms with van der Waals surface area (Å²) in [4.78, 5) is 0. The van der Waals surface area contributed by atoms with Crippen molar-refractivity contribution >= 4 is 12.8 Å². The molecular formula is C4H16F3NS. The van der Waals surface area contributed by atoms with Crippen LogP contribution in [-0.2, 0) is 0 Å². The van der Waals surface area contributed by atoms with E-state index in [1.54, 1.807) is 0 Å². The van der Waals surface area contributed by atoms with Gasteiger partial charge in [0.05, 0.1) is 0 Å². The zero-order valence-corrected chi connectivity index (χ0v) is 6.56. The monoisotopic (exact) mass is 167 g/mol. The van der Waals surface area contributed by atoms with Gasteiger partial charge in [0.1, 0.15) is 0 Å². The van der Waals surface area contributed by atoms with E-state index in [0.29, 0.717) is 0 Å². The van der Waals surface area contributed by atoms with Crippen LogP contribution in [0.1, 0.15) is 26.7 Å². The fourth-order valence-corrected chi connectivity index (χ4v) is 0. The number of unbranched alkanes of at least 4 members (excludes halogenated alkanes) is 1. The lowest BCUT2D eigenvalue weighted by molar-refractivity contribution is 0.886. The average Bonchev–Trinajstić information content (AvgIpc) is 1.72. The Hall–Kier alpha value is 0.100. The molecule has 64 valence electrons. The van der Waals surface area contributed by atoms with Crippen molar-refractivity contribution in [3.8, 4) is 0 Å². The highest BCUT2D eigenvalue weighted by Gasteiger charge is 1.56. The molecule has 1 nitrogen and oxygen atoms in total. The Morgan fingerprint density at radius 1 is 0.889 bits per heavy atom. The van der Waals surface area contributed by atoms with E-state index in [-0.39, 0.29) is 14.1 Å². The van der Waals surface area contributed by atoms with Gasteiger partial charge in [-0.1, -0.05) is 26.7 Å². The second-order valence-electron chi connectivity index (χ2n) is 1.000. The Morgan fingerprint density at radius 2 is 1.00 bits per heavy atom. The highest BCUT2D eigenvalue weighted by molar-refractivity contribution is 7.77. The minimum absolute atomic E-state index is 0. The number of halogens is 3. The first-order valence-corrected chi connectivity index (χ1v) is 2.69. The summed E-state index contributed by atoms with van der Waals surface area (Å²) < 4.78 is 0. The summed E-state index contributed by atoms with van der Waals surface area (Å²) in [6.45, 7) is 4.36. The van der Waals surface area contributed by atoms with Crippen molar-refractivity contribution in [1.29, 1.82) is 0 Å². The molecule has 0 aromatic heterocycles. The second-order valence-corrected chi connectivity index (χ2v) is 1.000. The predicted molar refractivity (Wildman–Crippen MR) is 41.3 cm³/mol. The molecule has 0 saturated carbocycles. The van der Waals surface area contributed by atoms with Gasteiger partial charge in [0, 0.05) is 0 Å². The first-order valence-electron chi connectivity index (χ1n) is 2.17. The third-order valence-electron chi connectivity index (χ3n) is 0.500. The Kier molecular flexibility index (Phi) is 365. The molecule has 0 aliphatic heterocycles. The largest absolute Gasteiger partial charge is 0.281 e. The van der Waals surface area contributed by atoms with Crippen molar-refractivity contribution in [2.24, 2.45) is 5.14 Å². The Bertz CT molecular complexity index is 17.8. The van der Waals surface area contributed by atoms with E-state index in [9.17, 15) is 0 Å². The first kappa shape index (κ1) is 35.5. The number of nitrogens with two attached hydrogens (primary N) is 1. The van der Waals surface area contributed by atoms with Gasteiger partial charge >= 0.3 is 0 Å². The number of hydrogen-bond acceptors (Lipinski definition) is 2. The van der Waals surface area contributed by atoms with Gasteiger partial charge in [0.25, 0.3) is 0 Å². The van der Waals surface area contributed by atoms with Crippen LogP contribution in [0.25, 0.3) is 0 Å². The Morgan fingerprint density at radius 3 is 1.00 bits per heavy atom. The van der Waals surface area contributed by atoms with E-state index in [1.807, 2.05) is 0 Å². The van der Waals surface area contributed by atoms with E-state index in [1.165, 1.54) is 12.8 Å². The maximum Gasteiger partial charge on any atom is -0.0564 e. The normalized spacial score (nSPS) is 4.00. The first-order chi connectivity index (χ1) is 2.91. The summed E-state index contributed by atoms with van der Waals surface area (Å²) in [7, 11) is 0. The molecular weight excluding hydrogens is 151 g/mol. The standard InChI is InChI=1S/C4H10.3FH.H3NS/c1-3-4-2;;;;1-2/h3-4H2,1-2H3;3*1H;2H,1H2. The van der Waals surface area contributed by atoms with Gasteiger partial charge in [0.15, 0.2) is 0 Å². The van der Waals surface area contributed by atoms with Gasteiger partial charge in [-0.05, 0) is 0 Å². The number of rotatable bonds is 1. The molecule has 0 aliphatic rings. The lowest BCUT2D eigenvalue weighted by atomic mass is 10.4. The van der Waals surface area contributed by atoms with E-state index >= 15 is 0 Å². The van der Waals surface area contributed by atoms with Crippen molar-refractivity contribution < 1.29 is 14.1 Å². The van der Waals surface area contributed by atoms with Crippen LogP contribution in [0.5, 0.6) is 0 Å². The summed E-state index contributed by atoms with van der Waals surface area (Å²) in [6, 6.07) is 0. The zero-order chi connectivity index (χ0) is 5.41. The average molecular weight is 167 g/mol. The second kappa shape index (κ2) is 92.6. The molecule has 0 fully saturated rings. The quantitative estimate of drug-likeness (QED) is 0.574. The Balaban J connectivity index is -0.00000000990. The molecule has 0 radical (unpaired) electrons. The van der Waals surface area contributed by atoms with Crippen molar-refractivity contribution in [3.05, 3.63) is 0 Å². The molecule has 0 spiro atoms. The molecule has 0 unspecified atom stereocenters. The van der Waals surface area contributed by atoms with Crippen molar-refractivity contribution in [1.82, 2.24) is 0 Å². The molecule has 9 heavy (non-hydrogen) atoms. The fraction of sp³-hybridized carbons (Fsp3) is 1.00. The van der Waals surface area contributed by atoms with Crippen LogP contribution >= 0.6 is 12.8 Å².